The molecule has 0 aliphatic rings. The number of nitrogens with zero attached hydrogens (tertiary/aromatic N) is 3. The van der Waals surface area contributed by atoms with Gasteiger partial charge in [0.1, 0.15) is 12.7 Å². The van der Waals surface area contributed by atoms with Crippen LogP contribution in [0.15, 0.2) is 55.1 Å². The minimum absolute atomic E-state index is 0.406. The van der Waals surface area contributed by atoms with Gasteiger partial charge < -0.3 is 5.32 Å². The lowest BCUT2D eigenvalue weighted by Gasteiger charge is -2.09. The standard InChI is InChI=1S/C15H12F2N4/c16-14-5-4-11(6-15(14)17)8-18-12-2-1-3-13(7-12)21-9-19-20-10-21/h1-7,9-10,18H,8H2. The molecule has 0 spiro atoms. The summed E-state index contributed by atoms with van der Waals surface area (Å²) in [6.07, 6.45) is 3.21. The molecule has 3 aromatic rings. The maximum Gasteiger partial charge on any atom is 0.159 e. The number of benzene rings is 2. The number of anilines is 1. The molecule has 4 nitrogen and oxygen atoms in total. The molecular formula is C15H12F2N4. The monoisotopic (exact) mass is 286 g/mol. The fraction of sp³-hybridized carbons (Fsp3) is 0.0667. The maximum absolute atomic E-state index is 13.1. The third-order valence-electron chi connectivity index (χ3n) is 3.04. The summed E-state index contributed by atoms with van der Waals surface area (Å²) in [5.74, 6) is -1.68. The van der Waals surface area contributed by atoms with Gasteiger partial charge >= 0.3 is 0 Å². The lowest BCUT2D eigenvalue weighted by atomic mass is 10.2. The van der Waals surface area contributed by atoms with E-state index < -0.39 is 11.6 Å². The highest BCUT2D eigenvalue weighted by atomic mass is 19.2. The first-order chi connectivity index (χ1) is 10.2. The predicted octanol–water partition coefficient (Wildman–Crippen LogP) is 3.16. The molecule has 0 bridgehead atoms. The number of halogens is 2. The van der Waals surface area contributed by atoms with Gasteiger partial charge in [0, 0.05) is 12.2 Å². The van der Waals surface area contributed by atoms with E-state index in [0.29, 0.717) is 12.1 Å². The molecule has 0 saturated heterocycles. The summed E-state index contributed by atoms with van der Waals surface area (Å²) in [4.78, 5) is 0. The van der Waals surface area contributed by atoms with Crippen molar-refractivity contribution in [1.82, 2.24) is 14.8 Å². The molecule has 0 aliphatic heterocycles. The maximum atomic E-state index is 13.1. The van der Waals surface area contributed by atoms with Crippen LogP contribution in [0.5, 0.6) is 0 Å². The van der Waals surface area contributed by atoms with Crippen molar-refractivity contribution in [3.8, 4) is 5.69 Å². The zero-order valence-corrected chi connectivity index (χ0v) is 11.0. The van der Waals surface area contributed by atoms with Gasteiger partial charge in [0.2, 0.25) is 0 Å². The summed E-state index contributed by atoms with van der Waals surface area (Å²) in [7, 11) is 0. The normalized spacial score (nSPS) is 10.6. The molecule has 0 radical (unpaired) electrons. The van der Waals surface area contributed by atoms with Crippen LogP contribution in [0, 0.1) is 11.6 Å². The lowest BCUT2D eigenvalue weighted by Crippen LogP contribution is -2.01. The average molecular weight is 286 g/mol. The van der Waals surface area contributed by atoms with Gasteiger partial charge in [-0.3, -0.25) is 4.57 Å². The van der Waals surface area contributed by atoms with Gasteiger partial charge in [-0.05, 0) is 35.9 Å². The Morgan fingerprint density at radius 1 is 0.952 bits per heavy atom. The van der Waals surface area contributed by atoms with E-state index in [1.54, 1.807) is 23.3 Å². The molecule has 0 saturated carbocycles. The van der Waals surface area contributed by atoms with E-state index in [1.165, 1.54) is 6.07 Å². The Bertz CT molecular complexity index is 741. The molecule has 1 N–H and O–H groups in total. The van der Waals surface area contributed by atoms with E-state index in [0.717, 1.165) is 17.4 Å². The minimum Gasteiger partial charge on any atom is -0.381 e. The van der Waals surface area contributed by atoms with E-state index >= 15 is 0 Å². The van der Waals surface area contributed by atoms with Crippen molar-refractivity contribution >= 4 is 5.69 Å². The molecular weight excluding hydrogens is 274 g/mol. The highest BCUT2D eigenvalue weighted by Gasteiger charge is 2.03. The largest absolute Gasteiger partial charge is 0.381 e. The van der Waals surface area contributed by atoms with Gasteiger partial charge in [-0.2, -0.15) is 0 Å². The Kier molecular flexibility index (Phi) is 3.59. The molecule has 0 fully saturated rings. The summed E-state index contributed by atoms with van der Waals surface area (Å²) in [6, 6.07) is 11.5. The molecule has 3 rings (SSSR count). The Balaban J connectivity index is 1.73. The first-order valence-electron chi connectivity index (χ1n) is 6.35. The topological polar surface area (TPSA) is 42.7 Å². The second-order valence-electron chi connectivity index (χ2n) is 4.52. The quantitative estimate of drug-likeness (QED) is 0.801. The van der Waals surface area contributed by atoms with E-state index in [1.807, 2.05) is 24.3 Å². The van der Waals surface area contributed by atoms with E-state index in [2.05, 4.69) is 15.5 Å². The highest BCUT2D eigenvalue weighted by Crippen LogP contribution is 2.16. The molecule has 6 heteroatoms. The van der Waals surface area contributed by atoms with Crippen LogP contribution >= 0.6 is 0 Å². The van der Waals surface area contributed by atoms with Gasteiger partial charge in [-0.15, -0.1) is 10.2 Å². The number of rotatable bonds is 4. The zero-order chi connectivity index (χ0) is 14.7. The minimum atomic E-state index is -0.840. The summed E-state index contributed by atoms with van der Waals surface area (Å²) < 4.78 is 27.8. The van der Waals surface area contributed by atoms with Crippen molar-refractivity contribution in [2.45, 2.75) is 6.54 Å². The molecule has 21 heavy (non-hydrogen) atoms. The first-order valence-corrected chi connectivity index (χ1v) is 6.35. The predicted molar refractivity (Wildman–Crippen MR) is 75.0 cm³/mol. The fourth-order valence-corrected chi connectivity index (χ4v) is 1.96. The number of hydrogen-bond acceptors (Lipinski definition) is 3. The molecule has 2 aromatic carbocycles. The molecule has 0 amide bonds. The van der Waals surface area contributed by atoms with Crippen LogP contribution < -0.4 is 5.32 Å². The van der Waals surface area contributed by atoms with E-state index in [9.17, 15) is 8.78 Å². The van der Waals surface area contributed by atoms with Crippen LogP contribution in [-0.2, 0) is 6.54 Å². The van der Waals surface area contributed by atoms with Crippen molar-refractivity contribution in [3.63, 3.8) is 0 Å². The molecule has 0 unspecified atom stereocenters. The van der Waals surface area contributed by atoms with Crippen molar-refractivity contribution in [3.05, 3.63) is 72.3 Å². The Labute approximate surface area is 120 Å². The summed E-state index contributed by atoms with van der Waals surface area (Å²) in [6.45, 7) is 0.406. The second-order valence-corrected chi connectivity index (χ2v) is 4.52. The number of aromatic nitrogens is 3. The Morgan fingerprint density at radius 2 is 1.76 bits per heavy atom. The zero-order valence-electron chi connectivity index (χ0n) is 11.0. The van der Waals surface area contributed by atoms with Crippen molar-refractivity contribution < 1.29 is 8.78 Å². The van der Waals surface area contributed by atoms with Gasteiger partial charge in [-0.1, -0.05) is 12.1 Å². The fourth-order valence-electron chi connectivity index (χ4n) is 1.96. The summed E-state index contributed by atoms with van der Waals surface area (Å²) >= 11 is 0. The van der Waals surface area contributed by atoms with Crippen LogP contribution in [0.4, 0.5) is 14.5 Å². The summed E-state index contributed by atoms with van der Waals surface area (Å²) in [5, 5.41) is 10.7. The molecule has 1 heterocycles. The third-order valence-corrected chi connectivity index (χ3v) is 3.04. The molecule has 106 valence electrons. The molecule has 0 atom stereocenters. The highest BCUT2D eigenvalue weighted by molar-refractivity contribution is 5.51. The van der Waals surface area contributed by atoms with Crippen molar-refractivity contribution in [1.29, 1.82) is 0 Å². The van der Waals surface area contributed by atoms with Gasteiger partial charge in [0.05, 0.1) is 5.69 Å². The Hall–Kier alpha value is -2.76. The van der Waals surface area contributed by atoms with Gasteiger partial charge in [-0.25, -0.2) is 8.78 Å². The SMILES string of the molecule is Fc1ccc(CNc2cccc(-n3cnnc3)c2)cc1F. The van der Waals surface area contributed by atoms with Crippen molar-refractivity contribution in [2.75, 3.05) is 5.32 Å². The van der Waals surface area contributed by atoms with Crippen molar-refractivity contribution in [2.24, 2.45) is 0 Å². The first kappa shape index (κ1) is 13.2. The van der Waals surface area contributed by atoms with Crippen LogP contribution in [-0.4, -0.2) is 14.8 Å². The molecule has 0 aliphatic carbocycles. The average Bonchev–Trinajstić information content (AvgIpc) is 3.03. The van der Waals surface area contributed by atoms with E-state index in [4.69, 9.17) is 0 Å². The molecule has 1 aromatic heterocycles. The number of hydrogen-bond donors (Lipinski definition) is 1. The lowest BCUT2D eigenvalue weighted by molar-refractivity contribution is 0.507. The second kappa shape index (κ2) is 5.70. The smallest absolute Gasteiger partial charge is 0.159 e. The third kappa shape index (κ3) is 3.05. The Morgan fingerprint density at radius 3 is 2.52 bits per heavy atom. The number of nitrogens with one attached hydrogen (secondary N) is 1. The van der Waals surface area contributed by atoms with Crippen LogP contribution in [0.25, 0.3) is 5.69 Å². The van der Waals surface area contributed by atoms with Crippen LogP contribution in [0.1, 0.15) is 5.56 Å². The van der Waals surface area contributed by atoms with Gasteiger partial charge in [0.15, 0.2) is 11.6 Å². The summed E-state index contributed by atoms with van der Waals surface area (Å²) in [5.41, 5.74) is 2.45. The van der Waals surface area contributed by atoms with Gasteiger partial charge in [0.25, 0.3) is 0 Å². The van der Waals surface area contributed by atoms with Crippen LogP contribution in [0.3, 0.4) is 0 Å². The van der Waals surface area contributed by atoms with Crippen LogP contribution in [0.2, 0.25) is 0 Å². The van der Waals surface area contributed by atoms with E-state index in [-0.39, 0.29) is 0 Å².